The molecule has 0 spiro atoms. The first-order valence-corrected chi connectivity index (χ1v) is 9.00. The van der Waals surface area contributed by atoms with Crippen LogP contribution in [0.15, 0.2) is 83.5 Å². The molecular formula is C23H19NO4. The van der Waals surface area contributed by atoms with Gasteiger partial charge in [-0.1, -0.05) is 48.5 Å². The molecule has 0 saturated heterocycles. The van der Waals surface area contributed by atoms with Crippen molar-refractivity contribution in [1.82, 2.24) is 0 Å². The van der Waals surface area contributed by atoms with E-state index in [1.807, 2.05) is 36.4 Å². The van der Waals surface area contributed by atoms with E-state index < -0.39 is 11.5 Å². The number of allylic oxidation sites excluding steroid dienone is 1. The summed E-state index contributed by atoms with van der Waals surface area (Å²) in [6, 6.07) is 20.0. The molecule has 28 heavy (non-hydrogen) atoms. The number of benzene rings is 2. The average molecular weight is 373 g/mol. The van der Waals surface area contributed by atoms with Crippen molar-refractivity contribution < 1.29 is 19.1 Å². The normalized spacial score (nSPS) is 18.6. The number of amides is 1. The van der Waals surface area contributed by atoms with Crippen LogP contribution in [0.2, 0.25) is 0 Å². The van der Waals surface area contributed by atoms with Crippen LogP contribution in [-0.2, 0) is 21.7 Å². The lowest BCUT2D eigenvalue weighted by Gasteiger charge is -2.22. The fourth-order valence-corrected chi connectivity index (χ4v) is 3.47. The summed E-state index contributed by atoms with van der Waals surface area (Å²) in [5.74, 6) is -0.315. The zero-order chi connectivity index (χ0) is 19.6. The van der Waals surface area contributed by atoms with Gasteiger partial charge in [0.25, 0.3) is 5.91 Å². The molecule has 0 unspecified atom stereocenters. The van der Waals surface area contributed by atoms with Crippen LogP contribution in [0.1, 0.15) is 23.3 Å². The number of nitrogens with zero attached hydrogens (tertiary/aromatic N) is 1. The van der Waals surface area contributed by atoms with Crippen LogP contribution in [-0.4, -0.2) is 16.8 Å². The van der Waals surface area contributed by atoms with Crippen LogP contribution in [0.5, 0.6) is 0 Å². The van der Waals surface area contributed by atoms with Crippen LogP contribution in [0.3, 0.4) is 0 Å². The number of furan rings is 1. The van der Waals surface area contributed by atoms with Crippen molar-refractivity contribution in [1.29, 1.82) is 0 Å². The maximum Gasteiger partial charge on any atom is 0.264 e. The Hall–Kier alpha value is -3.44. The van der Waals surface area contributed by atoms with Crippen molar-refractivity contribution in [2.45, 2.75) is 18.6 Å². The predicted molar refractivity (Wildman–Crippen MR) is 105 cm³/mol. The second-order valence-corrected chi connectivity index (χ2v) is 6.75. The summed E-state index contributed by atoms with van der Waals surface area (Å²) in [5.41, 5.74) is 0.145. The Morgan fingerprint density at radius 2 is 1.79 bits per heavy atom. The molecule has 1 aromatic heterocycles. The second-order valence-electron chi connectivity index (χ2n) is 6.75. The summed E-state index contributed by atoms with van der Waals surface area (Å²) < 4.78 is 5.16. The number of ketones is 1. The van der Waals surface area contributed by atoms with Gasteiger partial charge in [0.15, 0.2) is 11.4 Å². The Bertz CT molecular complexity index is 1020. The van der Waals surface area contributed by atoms with Gasteiger partial charge in [-0.3, -0.25) is 9.59 Å². The van der Waals surface area contributed by atoms with Gasteiger partial charge >= 0.3 is 0 Å². The molecule has 0 aliphatic carbocycles. The maximum absolute atomic E-state index is 13.1. The van der Waals surface area contributed by atoms with Crippen molar-refractivity contribution in [3.63, 3.8) is 0 Å². The van der Waals surface area contributed by atoms with E-state index in [1.165, 1.54) is 23.3 Å². The highest BCUT2D eigenvalue weighted by molar-refractivity contribution is 6.10. The smallest absolute Gasteiger partial charge is 0.264 e. The number of rotatable bonds is 6. The quantitative estimate of drug-likeness (QED) is 0.669. The van der Waals surface area contributed by atoms with E-state index in [0.29, 0.717) is 23.6 Å². The summed E-state index contributed by atoms with van der Waals surface area (Å²) >= 11 is 0. The van der Waals surface area contributed by atoms with E-state index >= 15 is 0 Å². The molecule has 5 nitrogen and oxygen atoms in total. The first-order valence-electron chi connectivity index (χ1n) is 9.00. The monoisotopic (exact) mass is 373 g/mol. The van der Waals surface area contributed by atoms with Crippen molar-refractivity contribution in [3.05, 3.63) is 96.0 Å². The van der Waals surface area contributed by atoms with E-state index in [1.54, 1.807) is 30.3 Å². The minimum absolute atomic E-state index is 0.328. The van der Waals surface area contributed by atoms with Crippen molar-refractivity contribution in [2.24, 2.45) is 0 Å². The summed E-state index contributed by atoms with van der Waals surface area (Å²) in [5, 5.41) is 11.2. The van der Waals surface area contributed by atoms with Gasteiger partial charge in [0, 0.05) is 5.56 Å². The van der Waals surface area contributed by atoms with Gasteiger partial charge in [-0.2, -0.15) is 0 Å². The molecule has 0 radical (unpaired) electrons. The molecule has 2 heterocycles. The van der Waals surface area contributed by atoms with Gasteiger partial charge in [0.1, 0.15) is 5.76 Å². The predicted octanol–water partition coefficient (Wildman–Crippen LogP) is 3.69. The van der Waals surface area contributed by atoms with Gasteiger partial charge < -0.3 is 14.4 Å². The van der Waals surface area contributed by atoms with Crippen molar-refractivity contribution >= 4 is 23.5 Å². The van der Waals surface area contributed by atoms with E-state index in [9.17, 15) is 14.7 Å². The maximum atomic E-state index is 13.1. The highest BCUT2D eigenvalue weighted by atomic mass is 16.3. The minimum Gasteiger partial charge on any atom is -0.465 e. The molecule has 4 rings (SSSR count). The van der Waals surface area contributed by atoms with Crippen LogP contribution >= 0.6 is 0 Å². The third kappa shape index (κ3) is 3.28. The first kappa shape index (κ1) is 17.9. The lowest BCUT2D eigenvalue weighted by Crippen LogP contribution is -2.41. The summed E-state index contributed by atoms with van der Waals surface area (Å²) in [4.78, 5) is 27.1. The van der Waals surface area contributed by atoms with E-state index in [-0.39, 0.29) is 12.2 Å². The largest absolute Gasteiger partial charge is 0.465 e. The van der Waals surface area contributed by atoms with Crippen molar-refractivity contribution in [3.8, 4) is 0 Å². The summed E-state index contributed by atoms with van der Waals surface area (Å²) in [6.45, 7) is 0.329. The zero-order valence-electron chi connectivity index (χ0n) is 15.1. The molecular weight excluding hydrogens is 354 g/mol. The SMILES string of the molecule is O=C(/C=C/c1ccco1)C[C@]1(O)C(=O)N(Cc2ccccc2)c2ccccc21. The fraction of sp³-hybridized carbons (Fsp3) is 0.130. The van der Waals surface area contributed by atoms with E-state index in [0.717, 1.165) is 5.56 Å². The minimum atomic E-state index is -1.88. The molecule has 0 saturated carbocycles. The van der Waals surface area contributed by atoms with Gasteiger partial charge in [0.05, 0.1) is 24.9 Å². The molecule has 1 aliphatic heterocycles. The Kier molecular flexibility index (Phi) is 4.67. The number of carbonyl (C=O) groups excluding carboxylic acids is 2. The van der Waals surface area contributed by atoms with Gasteiger partial charge in [-0.15, -0.1) is 0 Å². The Morgan fingerprint density at radius 3 is 2.54 bits per heavy atom. The Balaban J connectivity index is 1.61. The topological polar surface area (TPSA) is 70.7 Å². The zero-order valence-corrected chi connectivity index (χ0v) is 15.1. The van der Waals surface area contributed by atoms with Crippen LogP contribution in [0, 0.1) is 0 Å². The molecule has 1 atom stereocenters. The number of para-hydroxylation sites is 1. The molecule has 2 aromatic carbocycles. The molecule has 140 valence electrons. The molecule has 0 bridgehead atoms. The van der Waals surface area contributed by atoms with Crippen molar-refractivity contribution in [2.75, 3.05) is 4.90 Å². The number of hydrogen-bond donors (Lipinski definition) is 1. The molecule has 1 N–H and O–H groups in total. The Morgan fingerprint density at radius 1 is 1.04 bits per heavy atom. The summed E-state index contributed by atoms with van der Waals surface area (Å²) in [7, 11) is 0. The number of fused-ring (bicyclic) bond motifs is 1. The Labute approximate surface area is 162 Å². The molecule has 5 heteroatoms. The third-order valence-corrected chi connectivity index (χ3v) is 4.83. The highest BCUT2D eigenvalue weighted by Crippen LogP contribution is 2.43. The number of aliphatic hydroxyl groups is 1. The van der Waals surface area contributed by atoms with Gasteiger partial charge in [0.2, 0.25) is 0 Å². The molecule has 1 amide bonds. The second kappa shape index (κ2) is 7.29. The number of carbonyl (C=O) groups is 2. The van der Waals surface area contributed by atoms with Crippen LogP contribution in [0.25, 0.3) is 6.08 Å². The number of hydrogen-bond acceptors (Lipinski definition) is 4. The first-order chi connectivity index (χ1) is 13.6. The molecule has 3 aromatic rings. The van der Waals surface area contributed by atoms with Crippen LogP contribution < -0.4 is 4.90 Å². The van der Waals surface area contributed by atoms with Gasteiger partial charge in [-0.05, 0) is 35.9 Å². The lowest BCUT2D eigenvalue weighted by atomic mass is 9.90. The van der Waals surface area contributed by atoms with Crippen LogP contribution in [0.4, 0.5) is 5.69 Å². The standard InChI is InChI=1S/C23H19NO4/c25-18(12-13-19-9-6-14-28-19)15-23(27)20-10-4-5-11-21(20)24(22(23)26)16-17-7-2-1-3-8-17/h1-14,27H,15-16H2/b13-12+/t23-/m1/s1. The van der Waals surface area contributed by atoms with Gasteiger partial charge in [-0.25, -0.2) is 0 Å². The number of anilines is 1. The van der Waals surface area contributed by atoms with E-state index in [4.69, 9.17) is 4.42 Å². The highest BCUT2D eigenvalue weighted by Gasteiger charge is 2.50. The third-order valence-electron chi connectivity index (χ3n) is 4.83. The average Bonchev–Trinajstić information content (AvgIpc) is 3.30. The van der Waals surface area contributed by atoms with E-state index in [2.05, 4.69) is 0 Å². The molecule has 0 fully saturated rings. The summed E-state index contributed by atoms with van der Waals surface area (Å²) in [6.07, 6.45) is 4.03. The lowest BCUT2D eigenvalue weighted by molar-refractivity contribution is -0.140. The molecule has 1 aliphatic rings. The fourth-order valence-electron chi connectivity index (χ4n) is 3.47.